The molecule has 0 aliphatic heterocycles. The number of allylic oxidation sites excluding steroid dienone is 8. The van der Waals surface area contributed by atoms with Gasteiger partial charge in [-0.05, 0) is 69.5 Å². The van der Waals surface area contributed by atoms with Crippen LogP contribution in [-0.2, 0) is 0 Å². The third-order valence-corrected chi connectivity index (χ3v) is 13.2. The van der Waals surface area contributed by atoms with Crippen molar-refractivity contribution in [3.05, 3.63) is 249 Å². The van der Waals surface area contributed by atoms with Gasteiger partial charge in [-0.25, -0.2) is 9.98 Å². The monoisotopic (exact) mass is 778 g/mol. The number of aliphatic imine (C=N–C) groups is 2. The molecule has 6 atom stereocenters. The highest BCUT2D eigenvalue weighted by Crippen LogP contribution is 2.49. The van der Waals surface area contributed by atoms with E-state index in [2.05, 4.69) is 224 Å². The summed E-state index contributed by atoms with van der Waals surface area (Å²) in [5.41, 5.74) is 19.3. The van der Waals surface area contributed by atoms with Crippen molar-refractivity contribution in [2.45, 2.75) is 65.2 Å². The molecule has 0 bridgehead atoms. The molecule has 0 heterocycles. The van der Waals surface area contributed by atoms with E-state index in [0.29, 0.717) is 0 Å². The van der Waals surface area contributed by atoms with Crippen LogP contribution in [0.2, 0.25) is 0 Å². The molecule has 60 heavy (non-hydrogen) atoms. The summed E-state index contributed by atoms with van der Waals surface area (Å²) >= 11 is 0. The van der Waals surface area contributed by atoms with E-state index in [-0.39, 0.29) is 35.5 Å². The minimum absolute atomic E-state index is 0.0523. The molecule has 6 aromatic rings. The largest absolute Gasteiger partial charge is 0.250 e. The highest BCUT2D eigenvalue weighted by Gasteiger charge is 2.44. The Labute approximate surface area is 357 Å². The Kier molecular flexibility index (Phi) is 10.9. The van der Waals surface area contributed by atoms with E-state index in [1.165, 1.54) is 66.8 Å². The Morgan fingerprint density at radius 2 is 0.833 bits per heavy atom. The average molecular weight is 779 g/mol. The Morgan fingerprint density at radius 1 is 0.450 bits per heavy atom. The molecule has 0 radical (unpaired) electrons. The van der Waals surface area contributed by atoms with Gasteiger partial charge in [0.2, 0.25) is 0 Å². The summed E-state index contributed by atoms with van der Waals surface area (Å²) in [4.78, 5) is 12.1. The predicted molar refractivity (Wildman–Crippen MR) is 254 cm³/mol. The van der Waals surface area contributed by atoms with E-state index < -0.39 is 0 Å². The molecular weight excluding hydrogens is 725 g/mol. The molecule has 3 aliphatic rings. The van der Waals surface area contributed by atoms with Gasteiger partial charge in [0, 0.05) is 35.5 Å². The summed E-state index contributed by atoms with van der Waals surface area (Å²) < 4.78 is 0. The summed E-state index contributed by atoms with van der Waals surface area (Å²) in [6.07, 6.45) is 13.7. The van der Waals surface area contributed by atoms with E-state index in [9.17, 15) is 0 Å². The van der Waals surface area contributed by atoms with Gasteiger partial charge in [0.25, 0.3) is 0 Å². The van der Waals surface area contributed by atoms with Crippen LogP contribution < -0.4 is 0 Å². The Balaban J connectivity index is 1.33. The number of benzene rings is 6. The van der Waals surface area contributed by atoms with Gasteiger partial charge in [0.15, 0.2) is 0 Å². The maximum atomic E-state index is 6.04. The number of nitrogens with zero attached hydrogens (tertiary/aromatic N) is 2. The van der Waals surface area contributed by atoms with Crippen molar-refractivity contribution in [1.82, 2.24) is 0 Å². The molecule has 1 saturated carbocycles. The van der Waals surface area contributed by atoms with Crippen molar-refractivity contribution in [2.24, 2.45) is 21.8 Å². The standard InChI is InChI=1S/C58H54N2/c1-37-33-50(39(3)43-21-11-7-12-22-43)55(51(34-37)40(4)44-23-13-8-14-24-44)59-57-48-31-19-29-47-30-20-32-49(54(47)48)58(57)60-56-52(41(5)45-25-15-9-16-26-45)35-38(2)36-53(56)42(6)46-27-17-10-18-28-46/h7-36,39-42,48,54H,1-6H3. The van der Waals surface area contributed by atoms with Crippen molar-refractivity contribution >= 4 is 22.8 Å². The quantitative estimate of drug-likeness (QED) is 0.132. The average Bonchev–Trinajstić information content (AvgIpc) is 3.59. The van der Waals surface area contributed by atoms with Crippen LogP contribution in [-0.4, -0.2) is 11.4 Å². The molecule has 0 N–H and O–H groups in total. The second-order valence-electron chi connectivity index (χ2n) is 17.1. The molecule has 6 aromatic carbocycles. The zero-order valence-electron chi connectivity index (χ0n) is 35.7. The van der Waals surface area contributed by atoms with Gasteiger partial charge in [-0.15, -0.1) is 0 Å². The first kappa shape index (κ1) is 39.1. The van der Waals surface area contributed by atoms with Crippen LogP contribution in [0.15, 0.2) is 203 Å². The fraction of sp³-hybridized carbons (Fsp3) is 0.207. The third-order valence-electron chi connectivity index (χ3n) is 13.2. The van der Waals surface area contributed by atoms with Crippen LogP contribution in [0.4, 0.5) is 11.4 Å². The Morgan fingerprint density at radius 3 is 1.23 bits per heavy atom. The smallest absolute Gasteiger partial charge is 0.0897 e. The molecule has 2 nitrogen and oxygen atoms in total. The van der Waals surface area contributed by atoms with E-state index in [0.717, 1.165) is 22.8 Å². The van der Waals surface area contributed by atoms with Gasteiger partial charge in [0.1, 0.15) is 0 Å². The van der Waals surface area contributed by atoms with Crippen LogP contribution in [0, 0.1) is 25.7 Å². The molecule has 2 heteroatoms. The number of hydrogen-bond donors (Lipinski definition) is 0. The zero-order valence-corrected chi connectivity index (χ0v) is 35.7. The minimum atomic E-state index is 0.0523. The Hall–Kier alpha value is -6.38. The molecule has 0 aromatic heterocycles. The summed E-state index contributed by atoms with van der Waals surface area (Å²) in [5, 5.41) is 0. The van der Waals surface area contributed by atoms with E-state index in [4.69, 9.17) is 9.98 Å². The predicted octanol–water partition coefficient (Wildman–Crippen LogP) is 15.0. The zero-order chi connectivity index (χ0) is 41.3. The lowest BCUT2D eigenvalue weighted by Gasteiger charge is -2.25. The molecule has 0 amide bonds. The third kappa shape index (κ3) is 7.41. The number of aryl methyl sites for hydroxylation is 2. The van der Waals surface area contributed by atoms with Crippen LogP contribution in [0.5, 0.6) is 0 Å². The lowest BCUT2D eigenvalue weighted by molar-refractivity contribution is 0.680. The molecule has 0 saturated heterocycles. The maximum Gasteiger partial charge on any atom is 0.0897 e. The normalized spacial score (nSPS) is 20.0. The van der Waals surface area contributed by atoms with Gasteiger partial charge in [-0.3, -0.25) is 0 Å². The molecule has 0 spiro atoms. The minimum Gasteiger partial charge on any atom is -0.250 e. The summed E-state index contributed by atoms with van der Waals surface area (Å²) in [6, 6.07) is 53.1. The second kappa shape index (κ2) is 16.7. The maximum absolute atomic E-state index is 6.04. The van der Waals surface area contributed by atoms with Crippen molar-refractivity contribution < 1.29 is 0 Å². The summed E-state index contributed by atoms with van der Waals surface area (Å²) in [7, 11) is 0. The number of rotatable bonds is 10. The molecule has 9 rings (SSSR count). The summed E-state index contributed by atoms with van der Waals surface area (Å²) in [6.45, 7) is 13.8. The van der Waals surface area contributed by atoms with Crippen molar-refractivity contribution in [3.8, 4) is 0 Å². The van der Waals surface area contributed by atoms with Crippen LogP contribution in [0.1, 0.15) is 107 Å². The van der Waals surface area contributed by atoms with Gasteiger partial charge in [0.05, 0.1) is 22.8 Å². The lowest BCUT2D eigenvalue weighted by atomic mass is 9.80. The van der Waals surface area contributed by atoms with E-state index in [1.807, 2.05) is 0 Å². The number of hydrogen-bond acceptors (Lipinski definition) is 2. The topological polar surface area (TPSA) is 24.7 Å². The lowest BCUT2D eigenvalue weighted by Crippen LogP contribution is -2.19. The first-order chi connectivity index (χ1) is 29.3. The molecule has 296 valence electrons. The van der Waals surface area contributed by atoms with Gasteiger partial charge in [-0.2, -0.15) is 0 Å². The highest BCUT2D eigenvalue weighted by atomic mass is 14.9. The molecule has 6 unspecified atom stereocenters. The van der Waals surface area contributed by atoms with Crippen molar-refractivity contribution in [1.29, 1.82) is 0 Å². The summed E-state index contributed by atoms with van der Waals surface area (Å²) in [5.74, 6) is 0.715. The van der Waals surface area contributed by atoms with Crippen molar-refractivity contribution in [3.63, 3.8) is 0 Å². The highest BCUT2D eigenvalue weighted by molar-refractivity contribution is 6.53. The van der Waals surface area contributed by atoms with Gasteiger partial charge in [-0.1, -0.05) is 221 Å². The van der Waals surface area contributed by atoms with E-state index >= 15 is 0 Å². The second-order valence-corrected chi connectivity index (χ2v) is 17.1. The SMILES string of the molecule is Cc1cc(C(C)c2ccccc2)c(N=C2C3=CC=CC4=CC=CC(C2=Nc2c(C(C)c5ccccc5)cc(C)cc2C(C)c2ccccc2)C43)c(C(C)c2ccccc2)c1. The fourth-order valence-electron chi connectivity index (χ4n) is 9.80. The Bertz CT molecular complexity index is 2580. The fourth-order valence-corrected chi connectivity index (χ4v) is 9.80. The van der Waals surface area contributed by atoms with Crippen LogP contribution >= 0.6 is 0 Å². The van der Waals surface area contributed by atoms with E-state index in [1.54, 1.807) is 0 Å². The van der Waals surface area contributed by atoms with Crippen LogP contribution in [0.25, 0.3) is 0 Å². The van der Waals surface area contributed by atoms with Crippen molar-refractivity contribution in [2.75, 3.05) is 0 Å². The first-order valence-corrected chi connectivity index (χ1v) is 21.7. The van der Waals surface area contributed by atoms with Gasteiger partial charge < -0.3 is 0 Å². The van der Waals surface area contributed by atoms with Crippen LogP contribution in [0.3, 0.4) is 0 Å². The molecule has 1 fully saturated rings. The first-order valence-electron chi connectivity index (χ1n) is 21.7. The molecule has 3 aliphatic carbocycles. The van der Waals surface area contributed by atoms with Gasteiger partial charge >= 0.3 is 0 Å². The molecular formula is C58H54N2.